The van der Waals surface area contributed by atoms with E-state index in [4.69, 9.17) is 14.5 Å². The summed E-state index contributed by atoms with van der Waals surface area (Å²) < 4.78 is 17.4. The summed E-state index contributed by atoms with van der Waals surface area (Å²) in [7, 11) is 1.59. The minimum atomic E-state index is -0.870. The van der Waals surface area contributed by atoms with Crippen LogP contribution in [0.25, 0.3) is 0 Å². The minimum Gasteiger partial charge on any atom is -0.351 e. The maximum absolute atomic E-state index is 12.1. The summed E-state index contributed by atoms with van der Waals surface area (Å²) in [5.41, 5.74) is -0.399. The lowest BCUT2D eigenvalue weighted by molar-refractivity contribution is -0.571. The Labute approximate surface area is 100 Å². The average Bonchev–Trinajstić information content (AvgIpc) is 2.35. The molecule has 1 saturated heterocycles. The smallest absolute Gasteiger partial charge is 0.223 e. The lowest BCUT2D eigenvalue weighted by Gasteiger charge is -2.52. The van der Waals surface area contributed by atoms with Crippen LogP contribution in [0.5, 0.6) is 0 Å². The van der Waals surface area contributed by atoms with Gasteiger partial charge in [-0.15, -0.1) is 0 Å². The molecule has 0 bridgehead atoms. The predicted octanol–water partition coefficient (Wildman–Crippen LogP) is 2.17. The van der Waals surface area contributed by atoms with Gasteiger partial charge in [0.1, 0.15) is 6.67 Å². The van der Waals surface area contributed by atoms with Crippen molar-refractivity contribution in [2.45, 2.75) is 50.4 Å². The summed E-state index contributed by atoms with van der Waals surface area (Å²) in [6, 6.07) is 0. The van der Waals surface area contributed by atoms with Crippen LogP contribution in [0.15, 0.2) is 0 Å². The molecule has 2 aliphatic rings. The zero-order valence-electron chi connectivity index (χ0n) is 10.1. The van der Waals surface area contributed by atoms with Gasteiger partial charge in [0.25, 0.3) is 0 Å². The number of carbonyl (C=O) groups excluding carboxylic acids is 1. The number of Topliss-reactive ketones (excluding diaryl/α,β-unsaturated/α-hetero) is 1. The second-order valence-corrected chi connectivity index (χ2v) is 4.86. The van der Waals surface area contributed by atoms with E-state index in [-0.39, 0.29) is 24.4 Å². The highest BCUT2D eigenvalue weighted by Crippen LogP contribution is 2.48. The first-order valence-corrected chi connectivity index (χ1v) is 6.18. The van der Waals surface area contributed by atoms with Gasteiger partial charge in [0.2, 0.25) is 6.29 Å². The van der Waals surface area contributed by atoms with Crippen LogP contribution in [-0.2, 0) is 19.3 Å². The third kappa shape index (κ3) is 2.37. The Bertz CT molecular complexity index is 282. The van der Waals surface area contributed by atoms with Gasteiger partial charge in [0.05, 0.1) is 0 Å². The molecule has 4 nitrogen and oxygen atoms in total. The van der Waals surface area contributed by atoms with Crippen LogP contribution < -0.4 is 0 Å². The molecule has 5 heteroatoms. The number of carbonyl (C=O) groups is 1. The fourth-order valence-electron chi connectivity index (χ4n) is 2.90. The van der Waals surface area contributed by atoms with Gasteiger partial charge in [-0.1, -0.05) is 12.8 Å². The molecule has 1 aliphatic carbocycles. The topological polar surface area (TPSA) is 44.8 Å². The molecule has 0 aromatic heterocycles. The standard InChI is InChI=1S/C12H19FO4/c1-15-11-12(17-16-11)7-3-2-4-9(12)5-6-10(14)8-13/h9,11H,2-8H2,1H3/t9-,11?,12?/m0/s1. The first-order valence-electron chi connectivity index (χ1n) is 6.18. The average molecular weight is 246 g/mol. The predicted molar refractivity (Wildman–Crippen MR) is 57.9 cm³/mol. The molecule has 98 valence electrons. The Hall–Kier alpha value is -0.520. The van der Waals surface area contributed by atoms with E-state index in [2.05, 4.69) is 0 Å². The zero-order chi connectivity index (χ0) is 12.3. The van der Waals surface area contributed by atoms with Gasteiger partial charge in [-0.05, 0) is 25.2 Å². The van der Waals surface area contributed by atoms with Crippen molar-refractivity contribution in [3.05, 3.63) is 0 Å². The second kappa shape index (κ2) is 5.42. The second-order valence-electron chi connectivity index (χ2n) is 4.86. The fourth-order valence-corrected chi connectivity index (χ4v) is 2.90. The van der Waals surface area contributed by atoms with Crippen molar-refractivity contribution in [1.82, 2.24) is 0 Å². The molecule has 1 saturated carbocycles. The largest absolute Gasteiger partial charge is 0.351 e. The number of ether oxygens (including phenoxy) is 1. The van der Waals surface area contributed by atoms with E-state index in [9.17, 15) is 9.18 Å². The van der Waals surface area contributed by atoms with Crippen molar-refractivity contribution in [3.63, 3.8) is 0 Å². The Morgan fingerprint density at radius 2 is 2.35 bits per heavy atom. The molecular weight excluding hydrogens is 227 g/mol. The number of methoxy groups -OCH3 is 1. The quantitative estimate of drug-likeness (QED) is 0.697. The number of hydrogen-bond acceptors (Lipinski definition) is 4. The molecule has 1 heterocycles. The van der Waals surface area contributed by atoms with Gasteiger partial charge in [0.15, 0.2) is 11.4 Å². The van der Waals surface area contributed by atoms with E-state index >= 15 is 0 Å². The zero-order valence-corrected chi connectivity index (χ0v) is 10.1. The third-order valence-corrected chi connectivity index (χ3v) is 3.89. The molecule has 2 unspecified atom stereocenters. The molecule has 0 aromatic rings. The van der Waals surface area contributed by atoms with E-state index < -0.39 is 12.3 Å². The van der Waals surface area contributed by atoms with Crippen molar-refractivity contribution >= 4 is 5.78 Å². The van der Waals surface area contributed by atoms with Crippen LogP contribution in [0.1, 0.15) is 38.5 Å². The summed E-state index contributed by atoms with van der Waals surface area (Å²) in [4.78, 5) is 21.3. The number of rotatable bonds is 5. The van der Waals surface area contributed by atoms with E-state index in [0.29, 0.717) is 6.42 Å². The minimum absolute atomic E-state index is 0.227. The van der Waals surface area contributed by atoms with Gasteiger partial charge < -0.3 is 4.74 Å². The highest BCUT2D eigenvalue weighted by Gasteiger charge is 2.57. The van der Waals surface area contributed by atoms with Crippen molar-refractivity contribution in [3.8, 4) is 0 Å². The Morgan fingerprint density at radius 1 is 1.53 bits per heavy atom. The lowest BCUT2D eigenvalue weighted by Crippen LogP contribution is -2.62. The normalized spacial score (nSPS) is 36.8. The molecule has 0 N–H and O–H groups in total. The third-order valence-electron chi connectivity index (χ3n) is 3.89. The highest BCUT2D eigenvalue weighted by atomic mass is 19.1. The van der Waals surface area contributed by atoms with Gasteiger partial charge in [-0.25, -0.2) is 14.2 Å². The molecule has 0 aromatic carbocycles. The van der Waals surface area contributed by atoms with Crippen LogP contribution in [0.2, 0.25) is 0 Å². The molecule has 0 radical (unpaired) electrons. The van der Waals surface area contributed by atoms with E-state index in [1.54, 1.807) is 7.11 Å². The van der Waals surface area contributed by atoms with Crippen molar-refractivity contribution in [2.24, 2.45) is 5.92 Å². The first-order chi connectivity index (χ1) is 8.23. The number of hydrogen-bond donors (Lipinski definition) is 0. The van der Waals surface area contributed by atoms with Crippen LogP contribution >= 0.6 is 0 Å². The molecule has 2 rings (SSSR count). The molecule has 1 aliphatic heterocycles. The Kier molecular flexibility index (Phi) is 4.12. The highest BCUT2D eigenvalue weighted by molar-refractivity contribution is 5.79. The van der Waals surface area contributed by atoms with Gasteiger partial charge >= 0.3 is 0 Å². The van der Waals surface area contributed by atoms with Gasteiger partial charge in [0, 0.05) is 13.5 Å². The molecule has 1 spiro atoms. The van der Waals surface area contributed by atoms with Crippen molar-refractivity contribution in [2.75, 3.05) is 13.8 Å². The van der Waals surface area contributed by atoms with Crippen LogP contribution in [0.4, 0.5) is 4.39 Å². The lowest BCUT2D eigenvalue weighted by atomic mass is 9.72. The van der Waals surface area contributed by atoms with Gasteiger partial charge in [-0.2, -0.15) is 0 Å². The summed E-state index contributed by atoms with van der Waals surface area (Å²) >= 11 is 0. The van der Waals surface area contributed by atoms with Crippen molar-refractivity contribution in [1.29, 1.82) is 0 Å². The monoisotopic (exact) mass is 246 g/mol. The molecule has 3 atom stereocenters. The molecule has 17 heavy (non-hydrogen) atoms. The molecule has 2 fully saturated rings. The van der Waals surface area contributed by atoms with E-state index in [1.165, 1.54) is 0 Å². The summed E-state index contributed by atoms with van der Waals surface area (Å²) in [6.45, 7) is -0.870. The van der Waals surface area contributed by atoms with Crippen LogP contribution in [-0.4, -0.2) is 31.5 Å². The van der Waals surface area contributed by atoms with Gasteiger partial charge in [-0.3, -0.25) is 4.79 Å². The maximum atomic E-state index is 12.1. The van der Waals surface area contributed by atoms with E-state index in [0.717, 1.165) is 25.7 Å². The summed E-state index contributed by atoms with van der Waals surface area (Å²) in [6.07, 6.45) is 4.68. The Balaban J connectivity index is 1.95. The fraction of sp³-hybridized carbons (Fsp3) is 0.917. The number of alkyl halides is 1. The number of halogens is 1. The summed E-state index contributed by atoms with van der Waals surface area (Å²) in [5.74, 6) is -0.106. The van der Waals surface area contributed by atoms with Crippen molar-refractivity contribution < 1.29 is 23.7 Å². The first kappa shape index (κ1) is 12.9. The molecular formula is C12H19FO4. The van der Waals surface area contributed by atoms with Crippen LogP contribution in [0.3, 0.4) is 0 Å². The Morgan fingerprint density at radius 3 is 2.94 bits per heavy atom. The maximum Gasteiger partial charge on any atom is 0.223 e. The summed E-state index contributed by atoms with van der Waals surface area (Å²) in [5, 5.41) is 0. The van der Waals surface area contributed by atoms with Crippen LogP contribution in [0, 0.1) is 5.92 Å². The number of ketones is 1. The molecule has 0 amide bonds. The van der Waals surface area contributed by atoms with E-state index in [1.807, 2.05) is 0 Å². The SMILES string of the molecule is COC1OOC12CCCC[C@H]2CCC(=O)CF.